The number of amides is 1. The van der Waals surface area contributed by atoms with E-state index in [1.54, 1.807) is 0 Å². The van der Waals surface area contributed by atoms with Gasteiger partial charge in [-0.25, -0.2) is 0 Å². The molecule has 3 heterocycles. The molecule has 5 rings (SSSR count). The molecular formula is C35H46N6O2. The van der Waals surface area contributed by atoms with Gasteiger partial charge in [0, 0.05) is 43.4 Å². The molecule has 2 aromatic carbocycles. The molecule has 1 amide bonds. The highest BCUT2D eigenvalue weighted by atomic mass is 16.5. The average molecular weight is 583 g/mol. The summed E-state index contributed by atoms with van der Waals surface area (Å²) in [6.07, 6.45) is 11.1. The molecule has 1 fully saturated rings. The summed E-state index contributed by atoms with van der Waals surface area (Å²) in [4.78, 5) is 20.0. The minimum Gasteiger partial charge on any atom is -0.490 e. The minimum atomic E-state index is -0.283. The fourth-order valence-corrected chi connectivity index (χ4v) is 6.33. The van der Waals surface area contributed by atoms with Crippen LogP contribution in [0, 0.1) is 0 Å². The molecule has 0 saturated carbocycles. The van der Waals surface area contributed by atoms with Crippen LogP contribution in [0.5, 0.6) is 5.75 Å². The number of likely N-dealkylation sites (tertiary alicyclic amines) is 1. The fraction of sp³-hybridized carbons (Fsp3) is 0.429. The summed E-state index contributed by atoms with van der Waals surface area (Å²) in [5.74, 6) is 0.340. The molecule has 1 atom stereocenters. The Morgan fingerprint density at radius 2 is 1.95 bits per heavy atom. The van der Waals surface area contributed by atoms with Crippen molar-refractivity contribution < 1.29 is 9.53 Å². The van der Waals surface area contributed by atoms with E-state index >= 15 is 0 Å². The first-order valence-electron chi connectivity index (χ1n) is 15.7. The summed E-state index contributed by atoms with van der Waals surface area (Å²) in [6, 6.07) is 10.5. The Labute approximate surface area is 255 Å². The third kappa shape index (κ3) is 6.80. The largest absolute Gasteiger partial charge is 0.490 e. The number of aryl methyl sites for hydroxylation is 2. The van der Waals surface area contributed by atoms with Crippen LogP contribution < -0.4 is 20.7 Å². The van der Waals surface area contributed by atoms with E-state index in [4.69, 9.17) is 9.73 Å². The molecule has 3 aromatic rings. The highest BCUT2D eigenvalue weighted by Gasteiger charge is 2.21. The lowest BCUT2D eigenvalue weighted by Crippen LogP contribution is -2.25. The third-order valence-corrected chi connectivity index (χ3v) is 8.50. The number of anilines is 3. The summed E-state index contributed by atoms with van der Waals surface area (Å²) >= 11 is 0. The standard InChI is InChI=1S/C35H46N6O2/c1-6-25(7-2)34(28-23-41-18-12-14-26-13-11-15-27(28)35(26)41)38-24(4)37-30-21-31(39-33(42)8-3)32(22-29(30)36-5)43-20-19-40-16-9-10-17-40/h6,8,11,13,15,21-24,36-37H,3,7,9-10,12,14,16-20H2,1-2,4-5H3,(H,39,42)/b25-6-,38-34+. The third-order valence-electron chi connectivity index (χ3n) is 8.50. The molecule has 0 spiro atoms. The van der Waals surface area contributed by atoms with Crippen molar-refractivity contribution >= 4 is 39.6 Å². The number of aromatic nitrogens is 1. The summed E-state index contributed by atoms with van der Waals surface area (Å²) in [6.45, 7) is 14.6. The topological polar surface area (TPSA) is 82.9 Å². The summed E-state index contributed by atoms with van der Waals surface area (Å²) in [5, 5.41) is 11.1. The zero-order valence-corrected chi connectivity index (χ0v) is 26.1. The van der Waals surface area contributed by atoms with Gasteiger partial charge in [0.1, 0.15) is 18.5 Å². The Morgan fingerprint density at radius 1 is 1.14 bits per heavy atom. The van der Waals surface area contributed by atoms with Crippen LogP contribution >= 0.6 is 0 Å². The van der Waals surface area contributed by atoms with E-state index in [1.165, 1.54) is 46.5 Å². The van der Waals surface area contributed by atoms with E-state index in [9.17, 15) is 4.79 Å². The van der Waals surface area contributed by atoms with Crippen LogP contribution in [0.15, 0.2) is 65.8 Å². The first-order valence-corrected chi connectivity index (χ1v) is 15.7. The normalized spacial score (nSPS) is 16.3. The Balaban J connectivity index is 1.46. The molecule has 2 aliphatic rings. The lowest BCUT2D eigenvalue weighted by Gasteiger charge is -2.21. The van der Waals surface area contributed by atoms with Gasteiger partial charge in [0.2, 0.25) is 5.91 Å². The van der Waals surface area contributed by atoms with Crippen molar-refractivity contribution in [1.29, 1.82) is 0 Å². The van der Waals surface area contributed by atoms with E-state index in [-0.39, 0.29) is 12.1 Å². The quantitative estimate of drug-likeness (QED) is 0.152. The molecule has 1 aromatic heterocycles. The molecule has 43 heavy (non-hydrogen) atoms. The monoisotopic (exact) mass is 582 g/mol. The van der Waals surface area contributed by atoms with Gasteiger partial charge in [0.05, 0.1) is 28.3 Å². The van der Waals surface area contributed by atoms with E-state index in [0.29, 0.717) is 18.0 Å². The zero-order chi connectivity index (χ0) is 30.3. The molecule has 228 valence electrons. The molecule has 0 aliphatic carbocycles. The average Bonchev–Trinajstić information content (AvgIpc) is 3.67. The lowest BCUT2D eigenvalue weighted by molar-refractivity contribution is -0.111. The first-order chi connectivity index (χ1) is 20.9. The van der Waals surface area contributed by atoms with Crippen molar-refractivity contribution in [3.05, 3.63) is 72.0 Å². The lowest BCUT2D eigenvalue weighted by atomic mass is 9.97. The van der Waals surface area contributed by atoms with E-state index in [0.717, 1.165) is 62.5 Å². The van der Waals surface area contributed by atoms with Gasteiger partial charge in [0.25, 0.3) is 0 Å². The molecule has 0 bridgehead atoms. The number of ether oxygens (including phenoxy) is 1. The second kappa shape index (κ2) is 14.0. The maximum Gasteiger partial charge on any atom is 0.247 e. The number of nitrogens with zero attached hydrogens (tertiary/aromatic N) is 3. The maximum atomic E-state index is 12.4. The predicted octanol–water partition coefficient (Wildman–Crippen LogP) is 6.83. The second-order valence-electron chi connectivity index (χ2n) is 11.4. The van der Waals surface area contributed by atoms with Crippen molar-refractivity contribution in [2.24, 2.45) is 4.99 Å². The van der Waals surface area contributed by atoms with Crippen molar-refractivity contribution in [3.8, 4) is 5.75 Å². The van der Waals surface area contributed by atoms with E-state index < -0.39 is 0 Å². The Bertz CT molecular complexity index is 1530. The number of benzene rings is 2. The number of nitrogens with one attached hydrogen (secondary N) is 3. The van der Waals surface area contributed by atoms with Gasteiger partial charge in [-0.15, -0.1) is 0 Å². The molecule has 1 unspecified atom stereocenters. The van der Waals surface area contributed by atoms with Crippen LogP contribution in [-0.4, -0.2) is 60.5 Å². The molecule has 3 N–H and O–H groups in total. The maximum absolute atomic E-state index is 12.4. The molecule has 2 aliphatic heterocycles. The number of hydrogen-bond acceptors (Lipinski definition) is 6. The summed E-state index contributed by atoms with van der Waals surface area (Å²) < 4.78 is 8.60. The molecule has 8 nitrogen and oxygen atoms in total. The molecule has 8 heteroatoms. The Kier molecular flexibility index (Phi) is 9.87. The van der Waals surface area contributed by atoms with Gasteiger partial charge in [0.15, 0.2) is 0 Å². The Hall–Kier alpha value is -4.04. The van der Waals surface area contributed by atoms with Gasteiger partial charge in [-0.3, -0.25) is 14.7 Å². The minimum absolute atomic E-state index is 0.250. The van der Waals surface area contributed by atoms with Crippen LogP contribution in [0.3, 0.4) is 0 Å². The van der Waals surface area contributed by atoms with Crippen molar-refractivity contribution in [3.63, 3.8) is 0 Å². The first kappa shape index (κ1) is 30.4. The van der Waals surface area contributed by atoms with Crippen LogP contribution in [0.1, 0.15) is 57.6 Å². The van der Waals surface area contributed by atoms with E-state index in [1.807, 2.05) is 19.2 Å². The number of carbonyl (C=O) groups excluding carboxylic acids is 1. The van der Waals surface area contributed by atoms with Crippen LogP contribution in [0.25, 0.3) is 10.9 Å². The van der Waals surface area contributed by atoms with Crippen LogP contribution in [-0.2, 0) is 17.8 Å². The SMILES string of the molecule is C=CC(=O)Nc1cc(NC(C)/N=C(\C(=C/C)CC)c2cn3c4c(cccc24)CCC3)c(NC)cc1OCCN1CCCC1. The van der Waals surface area contributed by atoms with Gasteiger partial charge in [-0.2, -0.15) is 0 Å². The second-order valence-corrected chi connectivity index (χ2v) is 11.4. The zero-order valence-electron chi connectivity index (χ0n) is 26.1. The number of para-hydroxylation sites is 1. The number of hydrogen-bond donors (Lipinski definition) is 3. The number of allylic oxidation sites excluding steroid dienone is 2. The summed E-state index contributed by atoms with van der Waals surface area (Å²) in [7, 11) is 1.89. The molecule has 1 saturated heterocycles. The number of carbonyl (C=O) groups is 1. The van der Waals surface area contributed by atoms with Crippen molar-refractivity contribution in [2.75, 3.05) is 49.2 Å². The highest BCUT2D eigenvalue weighted by molar-refractivity contribution is 6.19. The smallest absolute Gasteiger partial charge is 0.247 e. The fourth-order valence-electron chi connectivity index (χ4n) is 6.33. The summed E-state index contributed by atoms with van der Waals surface area (Å²) in [5.41, 5.74) is 8.44. The van der Waals surface area contributed by atoms with Crippen molar-refractivity contribution in [2.45, 2.75) is 65.6 Å². The predicted molar refractivity (Wildman–Crippen MR) is 180 cm³/mol. The van der Waals surface area contributed by atoms with Crippen LogP contribution in [0.2, 0.25) is 0 Å². The van der Waals surface area contributed by atoms with E-state index in [2.05, 4.69) is 83.2 Å². The van der Waals surface area contributed by atoms with Crippen molar-refractivity contribution in [1.82, 2.24) is 9.47 Å². The van der Waals surface area contributed by atoms with Gasteiger partial charge < -0.3 is 25.3 Å². The van der Waals surface area contributed by atoms with Crippen LogP contribution in [0.4, 0.5) is 17.1 Å². The highest BCUT2D eigenvalue weighted by Crippen LogP contribution is 2.36. The Morgan fingerprint density at radius 3 is 2.67 bits per heavy atom. The van der Waals surface area contributed by atoms with Gasteiger partial charge in [-0.05, 0) is 82.3 Å². The molecule has 0 radical (unpaired) electrons. The van der Waals surface area contributed by atoms with Gasteiger partial charge in [-0.1, -0.05) is 37.8 Å². The van der Waals surface area contributed by atoms with Gasteiger partial charge >= 0.3 is 0 Å². The molecular weight excluding hydrogens is 536 g/mol. The number of rotatable bonds is 13. The number of aliphatic imine (C=N–C) groups is 1.